The van der Waals surface area contributed by atoms with Gasteiger partial charge in [0.1, 0.15) is 17.3 Å². The van der Waals surface area contributed by atoms with Crippen LogP contribution in [0.2, 0.25) is 0 Å². The van der Waals surface area contributed by atoms with Crippen LogP contribution in [0.4, 0.5) is 14.5 Å². The maximum absolute atomic E-state index is 13.8. The summed E-state index contributed by atoms with van der Waals surface area (Å²) in [5.74, 6) is 0.374. The van der Waals surface area contributed by atoms with E-state index in [2.05, 4.69) is 35.1 Å². The highest BCUT2D eigenvalue weighted by molar-refractivity contribution is 9.10. The van der Waals surface area contributed by atoms with E-state index in [9.17, 15) is 8.78 Å². The minimum absolute atomic E-state index is 0.0150. The monoisotopic (exact) mass is 345 g/mol. The highest BCUT2D eigenvalue weighted by Gasteiger charge is 2.22. The normalized spacial score (nSPS) is 23.7. The van der Waals surface area contributed by atoms with Gasteiger partial charge in [-0.15, -0.1) is 0 Å². The van der Waals surface area contributed by atoms with Gasteiger partial charge in [-0.05, 0) is 43.2 Å². The molecule has 0 spiro atoms. The van der Waals surface area contributed by atoms with Gasteiger partial charge in [-0.25, -0.2) is 8.78 Å². The first kappa shape index (κ1) is 15.7. The van der Waals surface area contributed by atoms with Crippen molar-refractivity contribution in [3.63, 3.8) is 0 Å². The van der Waals surface area contributed by atoms with Crippen LogP contribution in [0.15, 0.2) is 16.6 Å². The lowest BCUT2D eigenvalue weighted by molar-refractivity contribution is 0.341. The molecule has 0 bridgehead atoms. The van der Waals surface area contributed by atoms with Gasteiger partial charge in [0.15, 0.2) is 0 Å². The second kappa shape index (κ2) is 6.88. The fraction of sp³-hybridized carbons (Fsp3) is 0.625. The molecule has 0 heterocycles. The molecule has 4 heteroatoms. The average Bonchev–Trinajstić information content (AvgIpc) is 2.59. The van der Waals surface area contributed by atoms with Gasteiger partial charge >= 0.3 is 0 Å². The molecule has 2 unspecified atom stereocenters. The van der Waals surface area contributed by atoms with Crippen LogP contribution >= 0.6 is 15.9 Å². The molecular formula is C16H22BrF2N. The molecule has 0 aromatic heterocycles. The first-order valence-electron chi connectivity index (χ1n) is 7.38. The van der Waals surface area contributed by atoms with Gasteiger partial charge in [0, 0.05) is 10.5 Å². The molecule has 1 aromatic rings. The van der Waals surface area contributed by atoms with Crippen molar-refractivity contribution < 1.29 is 8.78 Å². The van der Waals surface area contributed by atoms with Crippen molar-refractivity contribution in [1.29, 1.82) is 0 Å². The number of hydrogen-bond donors (Lipinski definition) is 1. The smallest absolute Gasteiger partial charge is 0.150 e. The number of hydrogen-bond acceptors (Lipinski definition) is 1. The number of anilines is 1. The van der Waals surface area contributed by atoms with Gasteiger partial charge < -0.3 is 5.32 Å². The van der Waals surface area contributed by atoms with E-state index in [1.807, 2.05) is 0 Å². The van der Waals surface area contributed by atoms with E-state index in [-0.39, 0.29) is 11.7 Å². The summed E-state index contributed by atoms with van der Waals surface area (Å²) in [5, 5.41) is 3.07. The fourth-order valence-corrected chi connectivity index (χ4v) is 3.43. The molecule has 20 heavy (non-hydrogen) atoms. The molecule has 1 aliphatic carbocycles. The zero-order chi connectivity index (χ0) is 14.7. The van der Waals surface area contributed by atoms with E-state index in [0.29, 0.717) is 10.4 Å². The van der Waals surface area contributed by atoms with Crippen molar-refractivity contribution in [3.05, 3.63) is 28.2 Å². The molecule has 1 aromatic carbocycles. The van der Waals surface area contributed by atoms with Gasteiger partial charge in [-0.2, -0.15) is 0 Å². The Morgan fingerprint density at radius 2 is 1.75 bits per heavy atom. The van der Waals surface area contributed by atoms with E-state index in [4.69, 9.17) is 0 Å². The summed E-state index contributed by atoms with van der Waals surface area (Å²) < 4.78 is 28.1. The van der Waals surface area contributed by atoms with Crippen LogP contribution in [0.5, 0.6) is 0 Å². The molecule has 1 N–H and O–H groups in total. The van der Waals surface area contributed by atoms with Gasteiger partial charge in [-0.3, -0.25) is 0 Å². The van der Waals surface area contributed by atoms with Crippen LogP contribution < -0.4 is 5.32 Å². The lowest BCUT2D eigenvalue weighted by atomic mass is 9.89. The predicted molar refractivity (Wildman–Crippen MR) is 82.9 cm³/mol. The summed E-state index contributed by atoms with van der Waals surface area (Å²) in [4.78, 5) is 0. The quantitative estimate of drug-likeness (QED) is 0.688. The van der Waals surface area contributed by atoms with E-state index in [0.717, 1.165) is 31.6 Å². The Hall–Kier alpha value is -0.640. The fourth-order valence-electron chi connectivity index (χ4n) is 3.03. The third kappa shape index (κ3) is 3.94. The zero-order valence-electron chi connectivity index (χ0n) is 12.1. The molecule has 0 radical (unpaired) electrons. The maximum atomic E-state index is 13.8. The Balaban J connectivity index is 2.04. The standard InChI is InChI=1S/C16H22BrF2N/c1-10(2)11-4-3-5-13(7-6-11)20-16-14(18)8-12(17)9-15(16)19/h8-11,13,20H,3-7H2,1-2H3. The Morgan fingerprint density at radius 1 is 1.10 bits per heavy atom. The minimum atomic E-state index is -0.526. The molecule has 0 amide bonds. The summed E-state index contributed by atoms with van der Waals surface area (Å²) in [6, 6.07) is 2.78. The lowest BCUT2D eigenvalue weighted by Crippen LogP contribution is -2.20. The molecule has 2 atom stereocenters. The molecule has 2 rings (SSSR count). The molecule has 112 valence electrons. The van der Waals surface area contributed by atoms with Gasteiger partial charge in [-0.1, -0.05) is 42.6 Å². The first-order valence-corrected chi connectivity index (χ1v) is 8.17. The Morgan fingerprint density at radius 3 is 2.35 bits per heavy atom. The van der Waals surface area contributed by atoms with Gasteiger partial charge in [0.05, 0.1) is 0 Å². The van der Waals surface area contributed by atoms with Crippen LogP contribution in [0, 0.1) is 23.5 Å². The molecule has 1 fully saturated rings. The van der Waals surface area contributed by atoms with Crippen molar-refractivity contribution in [2.75, 3.05) is 5.32 Å². The van der Waals surface area contributed by atoms with Gasteiger partial charge in [0.25, 0.3) is 0 Å². The maximum Gasteiger partial charge on any atom is 0.150 e. The molecule has 0 saturated heterocycles. The minimum Gasteiger partial charge on any atom is -0.378 e. The van der Waals surface area contributed by atoms with E-state index in [1.54, 1.807) is 0 Å². The molecule has 1 nitrogen and oxygen atoms in total. The summed E-state index contributed by atoms with van der Waals surface area (Å²) in [6.07, 6.45) is 5.45. The molecule has 1 saturated carbocycles. The van der Waals surface area contributed by atoms with Crippen LogP contribution in [-0.2, 0) is 0 Å². The second-order valence-corrected chi connectivity index (χ2v) is 7.01. The Labute approximate surface area is 128 Å². The number of nitrogens with one attached hydrogen (secondary N) is 1. The van der Waals surface area contributed by atoms with Crippen molar-refractivity contribution in [1.82, 2.24) is 0 Å². The topological polar surface area (TPSA) is 12.0 Å². The third-order valence-electron chi connectivity index (χ3n) is 4.31. The largest absolute Gasteiger partial charge is 0.378 e. The summed E-state index contributed by atoms with van der Waals surface area (Å²) in [5.41, 5.74) is 0.0150. The SMILES string of the molecule is CC(C)C1CCCC(Nc2c(F)cc(Br)cc2F)CC1. The summed E-state index contributed by atoms with van der Waals surface area (Å²) in [7, 11) is 0. The molecule has 1 aliphatic rings. The van der Waals surface area contributed by atoms with Crippen molar-refractivity contribution >= 4 is 21.6 Å². The van der Waals surface area contributed by atoms with Crippen LogP contribution in [0.1, 0.15) is 46.0 Å². The molecule has 0 aliphatic heterocycles. The summed E-state index contributed by atoms with van der Waals surface area (Å²) in [6.45, 7) is 4.51. The van der Waals surface area contributed by atoms with Crippen molar-refractivity contribution in [2.45, 2.75) is 52.0 Å². The highest BCUT2D eigenvalue weighted by atomic mass is 79.9. The van der Waals surface area contributed by atoms with Gasteiger partial charge in [0.2, 0.25) is 0 Å². The number of rotatable bonds is 3. The van der Waals surface area contributed by atoms with Crippen molar-refractivity contribution in [3.8, 4) is 0 Å². The van der Waals surface area contributed by atoms with Crippen molar-refractivity contribution in [2.24, 2.45) is 11.8 Å². The highest BCUT2D eigenvalue weighted by Crippen LogP contribution is 2.31. The summed E-state index contributed by atoms with van der Waals surface area (Å²) >= 11 is 3.10. The van der Waals surface area contributed by atoms with Crippen LogP contribution in [0.25, 0.3) is 0 Å². The Kier molecular flexibility index (Phi) is 5.42. The second-order valence-electron chi connectivity index (χ2n) is 6.10. The van der Waals surface area contributed by atoms with E-state index < -0.39 is 11.6 Å². The van der Waals surface area contributed by atoms with E-state index in [1.165, 1.54) is 18.6 Å². The van der Waals surface area contributed by atoms with Crippen LogP contribution in [-0.4, -0.2) is 6.04 Å². The number of benzene rings is 1. The average molecular weight is 346 g/mol. The third-order valence-corrected chi connectivity index (χ3v) is 4.77. The van der Waals surface area contributed by atoms with Crippen LogP contribution in [0.3, 0.4) is 0 Å². The first-order chi connectivity index (χ1) is 9.47. The molecular weight excluding hydrogens is 324 g/mol. The zero-order valence-corrected chi connectivity index (χ0v) is 13.6. The van der Waals surface area contributed by atoms with E-state index >= 15 is 0 Å². The Bertz CT molecular complexity index is 439. The lowest BCUT2D eigenvalue weighted by Gasteiger charge is -2.20. The number of halogens is 3. The predicted octanol–water partition coefficient (Wildman–Crippen LogP) is 5.74.